The lowest BCUT2D eigenvalue weighted by molar-refractivity contribution is 0.340. The van der Waals surface area contributed by atoms with Crippen LogP contribution in [0.3, 0.4) is 0 Å². The fraction of sp³-hybridized carbons (Fsp3) is 0.235. The molecule has 3 aromatic rings. The minimum absolute atomic E-state index is 0.665. The summed E-state index contributed by atoms with van der Waals surface area (Å²) < 4.78 is 5.42. The first-order valence-electron chi connectivity index (χ1n) is 7.41. The molecule has 5 nitrogen and oxygen atoms in total. The van der Waals surface area contributed by atoms with E-state index in [2.05, 4.69) is 34.3 Å². The predicted octanol–water partition coefficient (Wildman–Crippen LogP) is 4.15. The smallest absolute Gasteiger partial charge is 0.158 e. The number of hydrogen-bond acceptors (Lipinski definition) is 6. The minimum atomic E-state index is 0.665. The molecule has 6 heteroatoms. The third kappa shape index (κ3) is 3.32. The number of rotatable bonds is 5. The summed E-state index contributed by atoms with van der Waals surface area (Å²) in [5.41, 5.74) is 5.21. The zero-order chi connectivity index (χ0) is 16.2. The third-order valence-corrected chi connectivity index (χ3v) is 4.66. The second-order valence-corrected chi connectivity index (χ2v) is 6.26. The van der Waals surface area contributed by atoms with Crippen LogP contribution in [-0.4, -0.2) is 22.8 Å². The molecule has 0 aliphatic carbocycles. The minimum Gasteiger partial charge on any atom is -0.494 e. The number of nitrogens with one attached hydrogen (secondary N) is 1. The van der Waals surface area contributed by atoms with Gasteiger partial charge in [0.25, 0.3) is 0 Å². The van der Waals surface area contributed by atoms with Gasteiger partial charge in [0.2, 0.25) is 0 Å². The SMILES string of the molecule is CCOc1ccc(/C=N/Nc2ncnc3sc(C)c(C)c23)cc1. The van der Waals surface area contributed by atoms with Crippen LogP contribution < -0.4 is 10.2 Å². The molecule has 2 heterocycles. The standard InChI is InChI=1S/C17H18N4OS/c1-4-22-14-7-5-13(6-8-14)9-20-21-16-15-11(2)12(3)23-17(15)19-10-18-16/h5-10H,4H2,1-3H3,(H,18,19,21)/b20-9+. The molecule has 0 atom stereocenters. The lowest BCUT2D eigenvalue weighted by atomic mass is 10.2. The van der Waals surface area contributed by atoms with E-state index in [0.29, 0.717) is 6.61 Å². The highest BCUT2D eigenvalue weighted by atomic mass is 32.1. The number of hydrogen-bond donors (Lipinski definition) is 1. The molecule has 0 fully saturated rings. The number of anilines is 1. The zero-order valence-electron chi connectivity index (χ0n) is 13.3. The molecule has 0 amide bonds. The second-order valence-electron chi connectivity index (χ2n) is 5.06. The Kier molecular flexibility index (Phi) is 4.52. The molecule has 0 unspecified atom stereocenters. The van der Waals surface area contributed by atoms with Crippen molar-refractivity contribution in [1.29, 1.82) is 0 Å². The van der Waals surface area contributed by atoms with Gasteiger partial charge >= 0.3 is 0 Å². The van der Waals surface area contributed by atoms with Crippen LogP contribution in [0.4, 0.5) is 5.82 Å². The van der Waals surface area contributed by atoms with Gasteiger partial charge in [-0.3, -0.25) is 5.43 Å². The molecule has 0 saturated carbocycles. The number of benzene rings is 1. The first kappa shape index (κ1) is 15.4. The Morgan fingerprint density at radius 2 is 2.00 bits per heavy atom. The molecule has 0 aliphatic heterocycles. The van der Waals surface area contributed by atoms with E-state index in [1.54, 1.807) is 23.9 Å². The largest absolute Gasteiger partial charge is 0.494 e. The van der Waals surface area contributed by atoms with Gasteiger partial charge in [-0.2, -0.15) is 5.10 Å². The summed E-state index contributed by atoms with van der Waals surface area (Å²) in [5.74, 6) is 1.60. The Morgan fingerprint density at radius 3 is 2.74 bits per heavy atom. The molecule has 0 aliphatic rings. The van der Waals surface area contributed by atoms with Gasteiger partial charge in [-0.1, -0.05) is 0 Å². The van der Waals surface area contributed by atoms with Crippen LogP contribution >= 0.6 is 11.3 Å². The highest BCUT2D eigenvalue weighted by molar-refractivity contribution is 7.18. The van der Waals surface area contributed by atoms with Crippen molar-refractivity contribution in [3.05, 3.63) is 46.6 Å². The van der Waals surface area contributed by atoms with Gasteiger partial charge < -0.3 is 4.74 Å². The summed E-state index contributed by atoms with van der Waals surface area (Å²) in [6, 6.07) is 7.79. The maximum Gasteiger partial charge on any atom is 0.158 e. The molecule has 0 spiro atoms. The molecular weight excluding hydrogens is 308 g/mol. The predicted molar refractivity (Wildman–Crippen MR) is 95.7 cm³/mol. The first-order valence-corrected chi connectivity index (χ1v) is 8.23. The molecule has 0 radical (unpaired) electrons. The molecule has 2 aromatic heterocycles. The van der Waals surface area contributed by atoms with Crippen molar-refractivity contribution in [3.8, 4) is 5.75 Å². The summed E-state index contributed by atoms with van der Waals surface area (Å²) in [7, 11) is 0. The topological polar surface area (TPSA) is 59.4 Å². The quantitative estimate of drug-likeness (QED) is 0.565. The van der Waals surface area contributed by atoms with Crippen molar-refractivity contribution < 1.29 is 4.74 Å². The van der Waals surface area contributed by atoms with E-state index < -0.39 is 0 Å². The Bertz CT molecular complexity index is 840. The average Bonchev–Trinajstić information content (AvgIpc) is 2.85. The number of nitrogens with zero attached hydrogens (tertiary/aromatic N) is 3. The number of aryl methyl sites for hydroxylation is 2. The second kappa shape index (κ2) is 6.75. The van der Waals surface area contributed by atoms with Crippen molar-refractivity contribution in [2.24, 2.45) is 5.10 Å². The van der Waals surface area contributed by atoms with Crippen LogP contribution in [0.2, 0.25) is 0 Å². The van der Waals surface area contributed by atoms with Gasteiger partial charge in [-0.15, -0.1) is 11.3 Å². The number of aromatic nitrogens is 2. The van der Waals surface area contributed by atoms with Crippen LogP contribution in [0.5, 0.6) is 5.75 Å². The summed E-state index contributed by atoms with van der Waals surface area (Å²) >= 11 is 1.67. The number of ether oxygens (including phenoxy) is 1. The summed E-state index contributed by atoms with van der Waals surface area (Å²) in [6.45, 7) is 6.81. The van der Waals surface area contributed by atoms with Gasteiger partial charge in [0.1, 0.15) is 16.9 Å². The van der Waals surface area contributed by atoms with Gasteiger partial charge in [0.15, 0.2) is 5.82 Å². The van der Waals surface area contributed by atoms with Crippen molar-refractivity contribution in [1.82, 2.24) is 9.97 Å². The summed E-state index contributed by atoms with van der Waals surface area (Å²) in [5, 5.41) is 5.33. The van der Waals surface area contributed by atoms with E-state index in [1.807, 2.05) is 31.2 Å². The number of hydrazone groups is 1. The first-order chi connectivity index (χ1) is 11.2. The fourth-order valence-electron chi connectivity index (χ4n) is 2.25. The van der Waals surface area contributed by atoms with Crippen molar-refractivity contribution in [3.63, 3.8) is 0 Å². The zero-order valence-corrected chi connectivity index (χ0v) is 14.1. The molecule has 23 heavy (non-hydrogen) atoms. The van der Waals surface area contributed by atoms with Gasteiger partial charge in [0, 0.05) is 4.88 Å². The molecule has 3 rings (SSSR count). The van der Waals surface area contributed by atoms with Crippen LogP contribution in [0.15, 0.2) is 35.7 Å². The van der Waals surface area contributed by atoms with E-state index in [1.165, 1.54) is 10.4 Å². The van der Waals surface area contributed by atoms with E-state index in [4.69, 9.17) is 4.74 Å². The van der Waals surface area contributed by atoms with Crippen molar-refractivity contribution >= 4 is 33.6 Å². The third-order valence-electron chi connectivity index (χ3n) is 3.54. The lowest BCUT2D eigenvalue weighted by Gasteiger charge is -2.03. The molecule has 0 saturated heterocycles. The van der Waals surface area contributed by atoms with E-state index >= 15 is 0 Å². The molecule has 0 bridgehead atoms. The van der Waals surface area contributed by atoms with Crippen molar-refractivity contribution in [2.75, 3.05) is 12.0 Å². The van der Waals surface area contributed by atoms with Crippen molar-refractivity contribution in [2.45, 2.75) is 20.8 Å². The van der Waals surface area contributed by atoms with Crippen LogP contribution in [0, 0.1) is 13.8 Å². The molecule has 118 valence electrons. The van der Waals surface area contributed by atoms with Gasteiger partial charge in [0.05, 0.1) is 18.2 Å². The molecular formula is C17H18N4OS. The van der Waals surface area contributed by atoms with Crippen LogP contribution in [-0.2, 0) is 0 Å². The highest BCUT2D eigenvalue weighted by Crippen LogP contribution is 2.32. The van der Waals surface area contributed by atoms with E-state index in [9.17, 15) is 0 Å². The summed E-state index contributed by atoms with van der Waals surface area (Å²) in [6.07, 6.45) is 3.32. The van der Waals surface area contributed by atoms with Gasteiger partial charge in [-0.25, -0.2) is 9.97 Å². The van der Waals surface area contributed by atoms with E-state index in [0.717, 1.165) is 27.3 Å². The van der Waals surface area contributed by atoms with E-state index in [-0.39, 0.29) is 0 Å². The Labute approximate surface area is 139 Å². The number of fused-ring (bicyclic) bond motifs is 1. The Morgan fingerprint density at radius 1 is 1.22 bits per heavy atom. The maximum atomic E-state index is 5.42. The summed E-state index contributed by atoms with van der Waals surface area (Å²) in [4.78, 5) is 10.8. The highest BCUT2D eigenvalue weighted by Gasteiger charge is 2.11. The monoisotopic (exact) mass is 326 g/mol. The molecule has 1 N–H and O–H groups in total. The average molecular weight is 326 g/mol. The molecule has 1 aromatic carbocycles. The Hall–Kier alpha value is -2.47. The van der Waals surface area contributed by atoms with Crippen LogP contribution in [0.25, 0.3) is 10.2 Å². The fourth-order valence-corrected chi connectivity index (χ4v) is 3.25. The Balaban J connectivity index is 1.77. The lowest BCUT2D eigenvalue weighted by Crippen LogP contribution is -1.96. The number of thiophene rings is 1. The van der Waals surface area contributed by atoms with Crippen LogP contribution in [0.1, 0.15) is 22.9 Å². The maximum absolute atomic E-state index is 5.42. The normalized spacial score (nSPS) is 11.3. The van der Waals surface area contributed by atoms with Gasteiger partial charge in [-0.05, 0) is 56.2 Å².